The van der Waals surface area contributed by atoms with E-state index in [4.69, 9.17) is 10.4 Å². The van der Waals surface area contributed by atoms with Gasteiger partial charge in [0.1, 0.15) is 0 Å². The summed E-state index contributed by atoms with van der Waals surface area (Å²) in [6.45, 7) is 4.29. The summed E-state index contributed by atoms with van der Waals surface area (Å²) in [4.78, 5) is 0. The molecule has 0 saturated carbocycles. The van der Waals surface area contributed by atoms with E-state index in [1.165, 1.54) is 16.5 Å². The minimum absolute atomic E-state index is 0.173. The van der Waals surface area contributed by atoms with Gasteiger partial charge in [0.05, 0.1) is 0 Å². The molecule has 0 N–H and O–H groups in total. The molecular weight excluding hydrogens is 246 g/mol. The number of benzene rings is 1. The second-order valence-electron chi connectivity index (χ2n) is 3.00. The SMILES string of the molecule is CC[As](=S)(CC)c1ccc(F)cc1. The van der Waals surface area contributed by atoms with Crippen molar-refractivity contribution in [3.8, 4) is 0 Å². The van der Waals surface area contributed by atoms with Gasteiger partial charge in [-0.1, -0.05) is 0 Å². The van der Waals surface area contributed by atoms with Crippen LogP contribution in [0.4, 0.5) is 4.39 Å². The number of halogens is 1. The van der Waals surface area contributed by atoms with Gasteiger partial charge in [-0.3, -0.25) is 0 Å². The summed E-state index contributed by atoms with van der Waals surface area (Å²) in [5.41, 5.74) is 0. The van der Waals surface area contributed by atoms with E-state index in [9.17, 15) is 4.39 Å². The van der Waals surface area contributed by atoms with Crippen molar-refractivity contribution >= 4 is 26.6 Å². The van der Waals surface area contributed by atoms with Gasteiger partial charge in [0.25, 0.3) is 0 Å². The third-order valence-electron chi connectivity index (χ3n) is 2.32. The summed E-state index contributed by atoms with van der Waals surface area (Å²) >= 11 is -2.03. The molecule has 0 radical (unpaired) electrons. The fraction of sp³-hybridized carbons (Fsp3) is 0.400. The molecule has 0 aromatic heterocycles. The third kappa shape index (κ3) is 2.45. The van der Waals surface area contributed by atoms with E-state index in [0.717, 1.165) is 10.4 Å². The van der Waals surface area contributed by atoms with Crippen LogP contribution >= 0.6 is 10.4 Å². The number of hydrogen-bond donors (Lipinski definition) is 0. The van der Waals surface area contributed by atoms with Gasteiger partial charge in [-0.15, -0.1) is 0 Å². The Bertz CT molecular complexity index is 310. The van der Waals surface area contributed by atoms with Crippen molar-refractivity contribution in [2.45, 2.75) is 24.3 Å². The second-order valence-corrected chi connectivity index (χ2v) is 14.1. The van der Waals surface area contributed by atoms with E-state index in [1.807, 2.05) is 12.1 Å². The molecular formula is C10H14AsFS. The van der Waals surface area contributed by atoms with E-state index < -0.39 is 11.9 Å². The Morgan fingerprint density at radius 1 is 1.15 bits per heavy atom. The van der Waals surface area contributed by atoms with Gasteiger partial charge >= 0.3 is 85.4 Å². The Hall–Kier alpha value is -0.0716. The Kier molecular flexibility index (Phi) is 3.75. The van der Waals surface area contributed by atoms with Crippen LogP contribution in [0.15, 0.2) is 24.3 Å². The molecule has 3 heteroatoms. The van der Waals surface area contributed by atoms with Crippen molar-refractivity contribution in [1.82, 2.24) is 0 Å². The maximum absolute atomic E-state index is 12.7. The van der Waals surface area contributed by atoms with Crippen LogP contribution in [0, 0.1) is 5.82 Å². The molecule has 0 aliphatic carbocycles. The van der Waals surface area contributed by atoms with Gasteiger partial charge in [-0.2, -0.15) is 0 Å². The van der Waals surface area contributed by atoms with Crippen LogP contribution in [0.1, 0.15) is 13.8 Å². The van der Waals surface area contributed by atoms with Crippen molar-refractivity contribution in [2.24, 2.45) is 0 Å². The fourth-order valence-electron chi connectivity index (χ4n) is 1.30. The molecule has 1 aromatic rings. The summed E-state index contributed by atoms with van der Waals surface area (Å²) in [6.07, 6.45) is 0. The Balaban J connectivity index is 3.07. The molecule has 0 saturated heterocycles. The van der Waals surface area contributed by atoms with Crippen molar-refractivity contribution in [3.05, 3.63) is 30.1 Å². The van der Waals surface area contributed by atoms with Crippen molar-refractivity contribution in [1.29, 1.82) is 0 Å². The summed E-state index contributed by atoms with van der Waals surface area (Å²) in [7, 11) is 5.66. The first-order chi connectivity index (χ1) is 6.12. The first-order valence-corrected chi connectivity index (χ1v) is 10.7. The summed E-state index contributed by atoms with van der Waals surface area (Å²) in [6, 6.07) is 6.76. The minimum atomic E-state index is -2.03. The van der Waals surface area contributed by atoms with Crippen LogP contribution < -0.4 is 4.35 Å². The van der Waals surface area contributed by atoms with Gasteiger partial charge < -0.3 is 0 Å². The topological polar surface area (TPSA) is 0 Å². The molecule has 0 aliphatic heterocycles. The van der Waals surface area contributed by atoms with Gasteiger partial charge in [-0.25, -0.2) is 0 Å². The van der Waals surface area contributed by atoms with Crippen molar-refractivity contribution < 1.29 is 4.39 Å². The molecule has 0 nitrogen and oxygen atoms in total. The van der Waals surface area contributed by atoms with Gasteiger partial charge in [0, 0.05) is 0 Å². The predicted molar refractivity (Wildman–Crippen MR) is 60.3 cm³/mol. The second kappa shape index (κ2) is 4.43. The predicted octanol–water partition coefficient (Wildman–Crippen LogP) is 3.22. The zero-order valence-corrected chi connectivity index (χ0v) is 10.7. The quantitative estimate of drug-likeness (QED) is 0.752. The monoisotopic (exact) mass is 260 g/mol. The molecule has 0 atom stereocenters. The van der Waals surface area contributed by atoms with E-state index in [-0.39, 0.29) is 5.82 Å². The summed E-state index contributed by atoms with van der Waals surface area (Å²) < 4.78 is 13.9. The molecule has 0 spiro atoms. The molecule has 0 fully saturated rings. The Morgan fingerprint density at radius 2 is 1.62 bits per heavy atom. The molecule has 0 unspecified atom stereocenters. The third-order valence-corrected chi connectivity index (χ3v) is 13.0. The average molecular weight is 260 g/mol. The molecule has 1 rings (SSSR count). The van der Waals surface area contributed by atoms with Gasteiger partial charge in [-0.05, 0) is 0 Å². The molecule has 72 valence electrons. The summed E-state index contributed by atoms with van der Waals surface area (Å²) in [5, 5.41) is 2.16. The van der Waals surface area contributed by atoms with Gasteiger partial charge in [0.2, 0.25) is 0 Å². The van der Waals surface area contributed by atoms with Crippen molar-refractivity contribution in [2.75, 3.05) is 0 Å². The van der Waals surface area contributed by atoms with Crippen LogP contribution in [0.5, 0.6) is 0 Å². The summed E-state index contributed by atoms with van der Waals surface area (Å²) in [5.74, 6) is -0.173. The first-order valence-electron chi connectivity index (χ1n) is 4.46. The van der Waals surface area contributed by atoms with E-state index >= 15 is 0 Å². The van der Waals surface area contributed by atoms with E-state index in [0.29, 0.717) is 0 Å². The van der Waals surface area contributed by atoms with Crippen LogP contribution in [-0.4, -0.2) is 11.9 Å². The first kappa shape index (κ1) is 11.0. The van der Waals surface area contributed by atoms with E-state index in [1.54, 1.807) is 0 Å². The van der Waals surface area contributed by atoms with Crippen molar-refractivity contribution in [3.63, 3.8) is 0 Å². The Labute approximate surface area is 85.4 Å². The average Bonchev–Trinajstić information content (AvgIpc) is 2.18. The molecule has 0 aliphatic rings. The fourth-order valence-corrected chi connectivity index (χ4v) is 5.86. The maximum atomic E-state index is 12.7. The molecule has 0 amide bonds. The van der Waals surface area contributed by atoms with Crippen LogP contribution in [-0.2, 0) is 0 Å². The standard InChI is InChI=1S/C10H14AsFS/c1-3-11(13,4-2)9-5-7-10(12)8-6-9/h5-8H,3-4H2,1-2H3. The molecule has 0 bridgehead atoms. The van der Waals surface area contributed by atoms with Crippen LogP contribution in [0.25, 0.3) is 0 Å². The van der Waals surface area contributed by atoms with Gasteiger partial charge in [0.15, 0.2) is 0 Å². The zero-order chi connectivity index (χ0) is 9.90. The number of rotatable bonds is 3. The van der Waals surface area contributed by atoms with Crippen LogP contribution in [0.3, 0.4) is 0 Å². The van der Waals surface area contributed by atoms with E-state index in [2.05, 4.69) is 13.8 Å². The molecule has 13 heavy (non-hydrogen) atoms. The molecule has 1 aromatic carbocycles. The zero-order valence-electron chi connectivity index (χ0n) is 7.96. The molecule has 0 heterocycles. The number of hydrogen-bond acceptors (Lipinski definition) is 1. The van der Waals surface area contributed by atoms with Crippen LogP contribution in [0.2, 0.25) is 10.4 Å². The normalized spacial score (nSPS) is 11.6. The Morgan fingerprint density at radius 3 is 2.00 bits per heavy atom.